The molecule has 0 saturated heterocycles. The molecule has 0 amide bonds. The number of carbonyl (C=O) groups excluding carboxylic acids is 1. The fraction of sp³-hybridized carbons (Fsp3) is 0.333. The Morgan fingerprint density at radius 1 is 0.972 bits per heavy atom. The molecule has 1 N–H and O–H groups in total. The Kier molecular flexibility index (Phi) is 6.81. The monoisotopic (exact) mass is 510 g/mol. The Hall–Kier alpha value is -3.43. The van der Waals surface area contributed by atoms with Crippen LogP contribution in [0.1, 0.15) is 34.6 Å². The fourth-order valence-corrected chi connectivity index (χ4v) is 5.18. The predicted molar refractivity (Wildman–Crippen MR) is 138 cm³/mol. The average Bonchev–Trinajstić information content (AvgIpc) is 3.18. The van der Waals surface area contributed by atoms with Crippen molar-refractivity contribution in [2.45, 2.75) is 51.2 Å². The molecule has 0 fully saturated rings. The lowest BCUT2D eigenvalue weighted by Gasteiger charge is -2.26. The molecule has 0 saturated carbocycles. The molecular formula is C27H30N2O6S. The highest BCUT2D eigenvalue weighted by atomic mass is 32.2. The van der Waals surface area contributed by atoms with Crippen LogP contribution in [0.3, 0.4) is 0 Å². The highest BCUT2D eigenvalue weighted by Gasteiger charge is 2.32. The highest BCUT2D eigenvalue weighted by Crippen LogP contribution is 2.34. The lowest BCUT2D eigenvalue weighted by Crippen LogP contribution is -2.47. The number of aromatic nitrogens is 1. The molecule has 0 aliphatic heterocycles. The standard InChI is InChI=1S/C27H30N2O6S/c1-16(2)25(26(30)35-27(3,4)5)29-36(31,32)19-9-10-20-21-13-17(7-11-22(21)34-23(20)14-19)18-8-12-24(33-6)28-15-18/h7-16,25,29H,1-6H3/t25-/m0/s1. The van der Waals surface area contributed by atoms with Crippen LogP contribution in [-0.4, -0.2) is 38.1 Å². The molecule has 8 nitrogen and oxygen atoms in total. The zero-order chi connectivity index (χ0) is 26.3. The van der Waals surface area contributed by atoms with Crippen LogP contribution in [0.4, 0.5) is 0 Å². The molecule has 2 aromatic heterocycles. The number of benzene rings is 2. The number of hydrogen-bond donors (Lipinski definition) is 1. The number of pyridine rings is 1. The van der Waals surface area contributed by atoms with Crippen molar-refractivity contribution in [3.63, 3.8) is 0 Å². The molecule has 2 heterocycles. The number of nitrogens with zero attached hydrogens (tertiary/aromatic N) is 1. The van der Waals surface area contributed by atoms with Crippen molar-refractivity contribution in [1.29, 1.82) is 0 Å². The van der Waals surface area contributed by atoms with E-state index in [0.717, 1.165) is 21.9 Å². The van der Waals surface area contributed by atoms with Gasteiger partial charge in [0.05, 0.1) is 12.0 Å². The summed E-state index contributed by atoms with van der Waals surface area (Å²) in [6.07, 6.45) is 1.73. The normalized spacial score (nSPS) is 13.3. The zero-order valence-corrected chi connectivity index (χ0v) is 22.0. The summed E-state index contributed by atoms with van der Waals surface area (Å²) in [5.74, 6) is -0.399. The molecule has 0 aliphatic carbocycles. The van der Waals surface area contributed by atoms with E-state index in [2.05, 4.69) is 9.71 Å². The second-order valence-electron chi connectivity index (χ2n) is 9.94. The smallest absolute Gasteiger partial charge is 0.324 e. The zero-order valence-electron chi connectivity index (χ0n) is 21.2. The number of rotatable bonds is 7. The van der Waals surface area contributed by atoms with Gasteiger partial charge in [0.15, 0.2) is 0 Å². The van der Waals surface area contributed by atoms with Crippen LogP contribution < -0.4 is 9.46 Å². The Labute approximate surface area is 210 Å². The molecule has 36 heavy (non-hydrogen) atoms. The summed E-state index contributed by atoms with van der Waals surface area (Å²) in [5, 5.41) is 1.63. The molecule has 0 bridgehead atoms. The van der Waals surface area contributed by atoms with Crippen molar-refractivity contribution in [2.24, 2.45) is 5.92 Å². The number of carbonyl (C=O) groups is 1. The molecule has 2 aromatic carbocycles. The van der Waals surface area contributed by atoms with Crippen LogP contribution in [0.5, 0.6) is 5.88 Å². The third-order valence-electron chi connectivity index (χ3n) is 5.64. The van der Waals surface area contributed by atoms with Crippen LogP contribution in [0.15, 0.2) is 64.0 Å². The quantitative estimate of drug-likeness (QED) is 0.336. The van der Waals surface area contributed by atoms with Gasteiger partial charge in [0.25, 0.3) is 0 Å². The molecule has 9 heteroatoms. The number of nitrogens with one attached hydrogen (secondary N) is 1. The van der Waals surface area contributed by atoms with Crippen molar-refractivity contribution in [3.05, 3.63) is 54.7 Å². The van der Waals surface area contributed by atoms with Crippen LogP contribution in [-0.2, 0) is 19.6 Å². The maximum atomic E-state index is 13.2. The van der Waals surface area contributed by atoms with Crippen LogP contribution >= 0.6 is 0 Å². The topological polar surface area (TPSA) is 108 Å². The van der Waals surface area contributed by atoms with Gasteiger partial charge in [0, 0.05) is 34.7 Å². The van der Waals surface area contributed by atoms with Gasteiger partial charge < -0.3 is 13.9 Å². The van der Waals surface area contributed by atoms with Crippen molar-refractivity contribution >= 4 is 37.9 Å². The number of sulfonamides is 1. The fourth-order valence-electron chi connectivity index (χ4n) is 3.83. The maximum Gasteiger partial charge on any atom is 0.324 e. The minimum absolute atomic E-state index is 0.00263. The predicted octanol–water partition coefficient (Wildman–Crippen LogP) is 5.30. The number of furan rings is 1. The van der Waals surface area contributed by atoms with Gasteiger partial charge in [0.2, 0.25) is 15.9 Å². The van der Waals surface area contributed by atoms with Gasteiger partial charge in [-0.3, -0.25) is 4.79 Å². The summed E-state index contributed by atoms with van der Waals surface area (Å²) in [7, 11) is -2.46. The Morgan fingerprint density at radius 3 is 2.31 bits per heavy atom. The molecule has 0 unspecified atom stereocenters. The van der Waals surface area contributed by atoms with E-state index in [1.165, 1.54) is 12.1 Å². The van der Waals surface area contributed by atoms with Gasteiger partial charge in [-0.25, -0.2) is 13.4 Å². The summed E-state index contributed by atoms with van der Waals surface area (Å²) < 4.78 is 45.4. The highest BCUT2D eigenvalue weighted by molar-refractivity contribution is 7.89. The van der Waals surface area contributed by atoms with Gasteiger partial charge in [0.1, 0.15) is 22.8 Å². The summed E-state index contributed by atoms with van der Waals surface area (Å²) in [6.45, 7) is 8.74. The van der Waals surface area contributed by atoms with Crippen LogP contribution in [0.25, 0.3) is 33.1 Å². The number of ether oxygens (including phenoxy) is 2. The van der Waals surface area contributed by atoms with Crippen molar-refractivity contribution in [3.8, 4) is 17.0 Å². The lowest BCUT2D eigenvalue weighted by atomic mass is 10.0. The van der Waals surface area contributed by atoms with Gasteiger partial charge in [-0.1, -0.05) is 19.9 Å². The summed E-state index contributed by atoms with van der Waals surface area (Å²) in [4.78, 5) is 16.9. The Balaban J connectivity index is 1.67. The molecule has 0 spiro atoms. The molecule has 4 rings (SSSR count). The maximum absolute atomic E-state index is 13.2. The minimum atomic E-state index is -4.02. The van der Waals surface area contributed by atoms with E-state index >= 15 is 0 Å². The molecule has 190 valence electrons. The van der Waals surface area contributed by atoms with Gasteiger partial charge in [-0.2, -0.15) is 4.72 Å². The second kappa shape index (κ2) is 9.55. The third kappa shape index (κ3) is 5.37. The molecule has 0 aliphatic rings. The van der Waals surface area contributed by atoms with E-state index in [1.54, 1.807) is 60.1 Å². The first kappa shape index (κ1) is 25.7. The lowest BCUT2D eigenvalue weighted by molar-refractivity contribution is -0.158. The number of methoxy groups -OCH3 is 1. The Morgan fingerprint density at radius 2 is 1.69 bits per heavy atom. The third-order valence-corrected chi connectivity index (χ3v) is 7.08. The molecule has 1 atom stereocenters. The average molecular weight is 511 g/mol. The first-order chi connectivity index (χ1) is 16.9. The summed E-state index contributed by atoms with van der Waals surface area (Å²) in [6, 6.07) is 13.1. The van der Waals surface area contributed by atoms with Gasteiger partial charge in [-0.05, 0) is 62.6 Å². The van der Waals surface area contributed by atoms with E-state index in [0.29, 0.717) is 17.0 Å². The number of hydrogen-bond acceptors (Lipinski definition) is 7. The number of fused-ring (bicyclic) bond motifs is 3. The van der Waals surface area contributed by atoms with Gasteiger partial charge in [-0.15, -0.1) is 0 Å². The van der Waals surface area contributed by atoms with Crippen molar-refractivity contribution in [1.82, 2.24) is 9.71 Å². The largest absolute Gasteiger partial charge is 0.481 e. The molecule has 4 aromatic rings. The van der Waals surface area contributed by atoms with E-state index in [9.17, 15) is 13.2 Å². The SMILES string of the molecule is COc1ccc(-c2ccc3oc4cc(S(=O)(=O)N[C@H](C(=O)OC(C)(C)C)C(C)C)ccc4c3c2)cn1. The summed E-state index contributed by atoms with van der Waals surface area (Å²) >= 11 is 0. The first-order valence-corrected chi connectivity index (χ1v) is 13.1. The minimum Gasteiger partial charge on any atom is -0.481 e. The summed E-state index contributed by atoms with van der Waals surface area (Å²) in [5.41, 5.74) is 2.18. The van der Waals surface area contributed by atoms with Crippen LogP contribution in [0.2, 0.25) is 0 Å². The van der Waals surface area contributed by atoms with E-state index in [1.807, 2.05) is 24.3 Å². The molecular weight excluding hydrogens is 480 g/mol. The first-order valence-electron chi connectivity index (χ1n) is 11.6. The van der Waals surface area contributed by atoms with Crippen molar-refractivity contribution in [2.75, 3.05) is 7.11 Å². The van der Waals surface area contributed by atoms with Crippen molar-refractivity contribution < 1.29 is 27.1 Å². The van der Waals surface area contributed by atoms with Gasteiger partial charge >= 0.3 is 5.97 Å². The van der Waals surface area contributed by atoms with E-state index in [-0.39, 0.29) is 10.8 Å². The Bertz CT molecular complexity index is 1520. The van der Waals surface area contributed by atoms with E-state index < -0.39 is 27.6 Å². The van der Waals surface area contributed by atoms with Crippen LogP contribution in [0, 0.1) is 5.92 Å². The molecule has 0 radical (unpaired) electrons. The van der Waals surface area contributed by atoms with E-state index in [4.69, 9.17) is 13.9 Å². The second-order valence-corrected chi connectivity index (χ2v) is 11.7. The number of esters is 1.